The molecule has 380 valence electrons. The zero-order valence-corrected chi connectivity index (χ0v) is 57.9. The predicted molar refractivity (Wildman–Crippen MR) is 288 cm³/mol. The van der Waals surface area contributed by atoms with Gasteiger partial charge in [0.15, 0.2) is 16.6 Å². The van der Waals surface area contributed by atoms with Crippen molar-refractivity contribution in [3.05, 3.63) is 29.7 Å². The van der Waals surface area contributed by atoms with Gasteiger partial charge >= 0.3 is 110 Å². The van der Waals surface area contributed by atoms with Crippen LogP contribution in [0.1, 0.15) is 130 Å². The zero-order chi connectivity index (χ0) is 46.3. The van der Waals surface area contributed by atoms with Gasteiger partial charge in [-0.2, -0.15) is 0 Å². The summed E-state index contributed by atoms with van der Waals surface area (Å²) in [6, 6.07) is 0. The average molecular weight is 1230 g/mol. The number of hydrogen-bond acceptors (Lipinski definition) is 8. The normalized spacial score (nSPS) is 16.8. The molecule has 8 nitrogen and oxygen atoms in total. The van der Waals surface area contributed by atoms with Crippen molar-refractivity contribution in [3.63, 3.8) is 0 Å². The minimum atomic E-state index is -2.48. The molecule has 4 aliphatic rings. The Kier molecular flexibility index (Phi) is 61.4. The first-order valence-corrected chi connectivity index (χ1v) is 51.9. The quantitative estimate of drug-likeness (QED) is 0.126. The van der Waals surface area contributed by atoms with Crippen molar-refractivity contribution in [3.8, 4) is 0 Å². The Morgan fingerprint density at radius 3 is 0.855 bits per heavy atom. The Hall–Kier alpha value is 3.91. The summed E-state index contributed by atoms with van der Waals surface area (Å²) in [6.45, 7) is 33.3. The van der Waals surface area contributed by atoms with Crippen LogP contribution in [0.15, 0.2) is 0 Å². The fourth-order valence-corrected chi connectivity index (χ4v) is 28.5. The summed E-state index contributed by atoms with van der Waals surface area (Å²) in [4.78, 5) is 28.2. The maximum absolute atomic E-state index is 9.90. The first-order chi connectivity index (χ1) is 26.4. The van der Waals surface area contributed by atoms with Crippen molar-refractivity contribution >= 4 is 84.9 Å². The monoisotopic (exact) mass is 1220 g/mol. The molecule has 0 bridgehead atoms. The minimum absolute atomic E-state index is 0. The SMILES string of the molecule is CC1CCCC1.CC1CCCC1.CCO.CCO[Si](C)(C)C1CCCC1.C[Si](C)(O)O[Si](C)(C)O.C[Si](C)(O)O[Si](C)(C)O[Si](C)(C)C1CCCC1.[CH3-].[CH3-].[CH3-].[CH3-].[Cl][Zr+2][Cl].[Cl][Zr+2][Cl]. The summed E-state index contributed by atoms with van der Waals surface area (Å²) >= 11 is -1.65. The molecule has 20 heteroatoms. The van der Waals surface area contributed by atoms with E-state index < -0.39 is 92.6 Å². The first-order valence-electron chi connectivity index (χ1n) is 21.9. The van der Waals surface area contributed by atoms with E-state index >= 15 is 0 Å². The Balaban J connectivity index is -0.0000000954. The van der Waals surface area contributed by atoms with E-state index in [0.29, 0.717) is 0 Å². The third-order valence-corrected chi connectivity index (χ3v) is 28.1. The van der Waals surface area contributed by atoms with Crippen LogP contribution in [0.2, 0.25) is 89.6 Å². The summed E-state index contributed by atoms with van der Waals surface area (Å²) in [5.74, 6) is 2.09. The molecular formula is C42H104Cl4O8Si6Zr2. The summed E-state index contributed by atoms with van der Waals surface area (Å²) in [7, 11) is 7.20. The van der Waals surface area contributed by atoms with Crippen molar-refractivity contribution in [2.45, 2.75) is 220 Å². The fraction of sp³-hybridized carbons (Fsp3) is 0.905. The molecule has 4 rings (SSSR count). The van der Waals surface area contributed by atoms with Crippen molar-refractivity contribution < 1.29 is 78.0 Å². The van der Waals surface area contributed by atoms with Gasteiger partial charge in [-0.15, -0.1) is 0 Å². The van der Waals surface area contributed by atoms with Gasteiger partial charge in [-0.25, -0.2) is 0 Å². The van der Waals surface area contributed by atoms with Gasteiger partial charge in [-0.3, -0.25) is 0 Å². The van der Waals surface area contributed by atoms with E-state index in [0.717, 1.165) is 29.5 Å². The molecule has 0 radical (unpaired) electrons. The second kappa shape index (κ2) is 46.0. The molecule has 0 aromatic heterocycles. The summed E-state index contributed by atoms with van der Waals surface area (Å²) < 4.78 is 23.1. The van der Waals surface area contributed by atoms with E-state index in [2.05, 4.69) is 60.1 Å². The fourth-order valence-electron chi connectivity index (χ4n) is 7.94. The van der Waals surface area contributed by atoms with Crippen LogP contribution >= 0.6 is 34.1 Å². The van der Waals surface area contributed by atoms with E-state index in [9.17, 15) is 4.80 Å². The van der Waals surface area contributed by atoms with Gasteiger partial charge in [0, 0.05) is 13.2 Å². The molecular weight excluding hydrogens is 1130 g/mol. The third kappa shape index (κ3) is 58.2. The molecule has 0 unspecified atom stereocenters. The van der Waals surface area contributed by atoms with Crippen molar-refractivity contribution in [2.24, 2.45) is 11.8 Å². The molecule has 0 atom stereocenters. The van der Waals surface area contributed by atoms with Gasteiger partial charge in [0.25, 0.3) is 0 Å². The van der Waals surface area contributed by atoms with Crippen molar-refractivity contribution in [2.75, 3.05) is 13.2 Å². The Morgan fingerprint density at radius 2 is 0.677 bits per heavy atom. The maximum atomic E-state index is 9.90. The van der Waals surface area contributed by atoms with Gasteiger partial charge in [0.2, 0.25) is 0 Å². The molecule has 0 aliphatic heterocycles. The van der Waals surface area contributed by atoms with Gasteiger partial charge in [0.1, 0.15) is 0 Å². The first kappa shape index (κ1) is 82.8. The molecule has 0 heterocycles. The number of halogens is 4. The van der Waals surface area contributed by atoms with Crippen LogP contribution in [0.25, 0.3) is 0 Å². The van der Waals surface area contributed by atoms with E-state index in [4.69, 9.17) is 65.5 Å². The van der Waals surface area contributed by atoms with Gasteiger partial charge < -0.3 is 66.0 Å². The van der Waals surface area contributed by atoms with Gasteiger partial charge in [0.05, 0.1) is 0 Å². The van der Waals surface area contributed by atoms with E-state index in [-0.39, 0.29) is 36.3 Å². The third-order valence-electron chi connectivity index (χ3n) is 9.98. The average Bonchev–Trinajstić information content (AvgIpc) is 3.86. The van der Waals surface area contributed by atoms with E-state index in [1.54, 1.807) is 33.1 Å². The van der Waals surface area contributed by atoms with Crippen LogP contribution in [-0.4, -0.2) is 83.6 Å². The second-order valence-corrected chi connectivity index (χ2v) is 48.6. The van der Waals surface area contributed by atoms with Crippen LogP contribution in [0, 0.1) is 41.5 Å². The number of aliphatic hydroxyl groups is 1. The topological polar surface area (TPSA) is 118 Å². The summed E-state index contributed by atoms with van der Waals surface area (Å²) in [5, 5.41) is 7.57. The molecule has 4 aliphatic carbocycles. The zero-order valence-electron chi connectivity index (χ0n) is 44.0. The molecule has 0 amide bonds. The summed E-state index contributed by atoms with van der Waals surface area (Å²) in [5.41, 5.74) is 1.73. The molecule has 62 heavy (non-hydrogen) atoms. The standard InChI is InChI=1S/C11H28O3Si3.C9H20OSi.2C6H12.C4H14O3Si2.C2H6O.4CH3.4ClH.2Zr/c1-15(2,11-9-7-8-10-11)13-17(5,6)14-16(3,4)12;1-4-10-11(2,3)9-7-5-6-8-9;2*1-6-4-2-3-5-6;1-8(2,5)7-9(3,4)6;1-2-3;;;;;;;;;;/h11-12H,7-10H2,1-6H3;9H,4-8H2,1-3H3;2*6H,2-5H2,1H3;5-6H,1-4H3;3H,2H2,1H3;4*1H3;4*1H;;/q;;;;;;4*-1;;;;;2*+4/p-4. The molecule has 0 saturated heterocycles. The van der Waals surface area contributed by atoms with Crippen LogP contribution in [-0.2, 0) is 58.5 Å². The van der Waals surface area contributed by atoms with Crippen LogP contribution < -0.4 is 0 Å². The molecule has 4 fully saturated rings. The van der Waals surface area contributed by atoms with Crippen molar-refractivity contribution in [1.82, 2.24) is 0 Å². The summed E-state index contributed by atoms with van der Waals surface area (Å²) in [6.07, 6.45) is 23.0. The van der Waals surface area contributed by atoms with E-state index in [1.807, 2.05) is 13.1 Å². The molecule has 4 N–H and O–H groups in total. The molecule has 4 saturated carbocycles. The molecule has 0 aromatic rings. The molecule has 0 aromatic carbocycles. The van der Waals surface area contributed by atoms with Crippen LogP contribution in [0.4, 0.5) is 0 Å². The molecule has 0 spiro atoms. The predicted octanol–water partition coefficient (Wildman–Crippen LogP) is 16.1. The van der Waals surface area contributed by atoms with Crippen molar-refractivity contribution in [1.29, 1.82) is 0 Å². The van der Waals surface area contributed by atoms with Gasteiger partial charge in [-0.1, -0.05) is 117 Å². The van der Waals surface area contributed by atoms with Gasteiger partial charge in [-0.05, 0) is 115 Å². The van der Waals surface area contributed by atoms with E-state index in [1.165, 1.54) is 103 Å². The Labute approximate surface area is 433 Å². The Morgan fingerprint density at radius 1 is 0.452 bits per heavy atom. The Bertz CT molecular complexity index is 886. The number of hydrogen-bond donors (Lipinski definition) is 4. The number of aliphatic hydroxyl groups excluding tert-OH is 1. The number of rotatable bonds is 10. The van der Waals surface area contributed by atoms with Crippen LogP contribution in [0.3, 0.4) is 0 Å². The second-order valence-electron chi connectivity index (χ2n) is 18.9. The van der Waals surface area contributed by atoms with Crippen LogP contribution in [0.5, 0.6) is 0 Å².